The summed E-state index contributed by atoms with van der Waals surface area (Å²) >= 11 is 2.24. The molecule has 1 amide bonds. The van der Waals surface area contributed by atoms with Gasteiger partial charge in [-0.05, 0) is 65.8 Å². The molecular formula is C18H21IN4O2. The average Bonchev–Trinajstić information content (AvgIpc) is 2.62. The Hall–Kier alpha value is -1.90. The molecule has 132 valence electrons. The van der Waals surface area contributed by atoms with Crippen LogP contribution >= 0.6 is 22.6 Å². The van der Waals surface area contributed by atoms with Crippen LogP contribution in [0.3, 0.4) is 0 Å². The first-order chi connectivity index (χ1) is 12.0. The number of hydrogen-bond acceptors (Lipinski definition) is 5. The predicted octanol–water partition coefficient (Wildman–Crippen LogP) is 2.83. The van der Waals surface area contributed by atoms with Crippen molar-refractivity contribution in [2.75, 3.05) is 32.1 Å². The Bertz CT molecular complexity index is 719. The van der Waals surface area contributed by atoms with Crippen LogP contribution in [-0.4, -0.2) is 54.3 Å². The second kappa shape index (κ2) is 7.99. The number of aromatic nitrogens is 2. The van der Waals surface area contributed by atoms with E-state index in [2.05, 4.69) is 32.8 Å². The third kappa shape index (κ3) is 4.59. The van der Waals surface area contributed by atoms with Crippen molar-refractivity contribution in [2.45, 2.75) is 18.9 Å². The van der Waals surface area contributed by atoms with E-state index in [1.165, 1.54) is 0 Å². The van der Waals surface area contributed by atoms with Crippen molar-refractivity contribution < 1.29 is 9.53 Å². The molecule has 1 fully saturated rings. The summed E-state index contributed by atoms with van der Waals surface area (Å²) in [5.74, 6) is 1.34. The highest BCUT2D eigenvalue weighted by Gasteiger charge is 2.26. The van der Waals surface area contributed by atoms with E-state index in [1.807, 2.05) is 60.3 Å². The first kappa shape index (κ1) is 17.9. The predicted molar refractivity (Wildman–Crippen MR) is 105 cm³/mol. The van der Waals surface area contributed by atoms with Gasteiger partial charge in [0.2, 0.25) is 5.88 Å². The first-order valence-electron chi connectivity index (χ1n) is 8.25. The fourth-order valence-corrected chi connectivity index (χ4v) is 3.14. The summed E-state index contributed by atoms with van der Waals surface area (Å²) in [6, 6.07) is 11.4. The second-order valence-electron chi connectivity index (χ2n) is 6.26. The molecule has 1 unspecified atom stereocenters. The Morgan fingerprint density at radius 2 is 1.96 bits per heavy atom. The Morgan fingerprint density at radius 1 is 1.20 bits per heavy atom. The highest BCUT2D eigenvalue weighted by atomic mass is 127. The van der Waals surface area contributed by atoms with Gasteiger partial charge in [-0.2, -0.15) is 0 Å². The number of nitrogens with zero attached hydrogens (tertiary/aromatic N) is 4. The Labute approximate surface area is 161 Å². The van der Waals surface area contributed by atoms with Crippen LogP contribution in [0.25, 0.3) is 0 Å². The molecule has 7 heteroatoms. The number of anilines is 1. The standard InChI is InChI=1S/C18H21IN4O2/c1-22(2)16-9-10-17(21-20-16)25-15-4-3-11-23(12-15)18(24)13-5-7-14(19)8-6-13/h5-10,15H,3-4,11-12H2,1-2H3. The van der Waals surface area contributed by atoms with Crippen LogP contribution in [0.2, 0.25) is 0 Å². The van der Waals surface area contributed by atoms with E-state index in [1.54, 1.807) is 0 Å². The normalized spacial score (nSPS) is 17.2. The molecule has 0 N–H and O–H groups in total. The van der Waals surface area contributed by atoms with Gasteiger partial charge < -0.3 is 14.5 Å². The number of amides is 1. The SMILES string of the molecule is CN(C)c1ccc(OC2CCCN(C(=O)c3ccc(I)cc3)C2)nn1. The van der Waals surface area contributed by atoms with Gasteiger partial charge in [0.25, 0.3) is 5.91 Å². The quantitative estimate of drug-likeness (QED) is 0.668. The summed E-state index contributed by atoms with van der Waals surface area (Å²) in [6.07, 6.45) is 1.78. The number of rotatable bonds is 4. The van der Waals surface area contributed by atoms with Gasteiger partial charge in [-0.15, -0.1) is 10.2 Å². The number of carbonyl (C=O) groups excluding carboxylic acids is 1. The molecule has 1 aromatic heterocycles. The van der Waals surface area contributed by atoms with Crippen molar-refractivity contribution >= 4 is 34.3 Å². The lowest BCUT2D eigenvalue weighted by Crippen LogP contribution is -2.44. The molecule has 1 atom stereocenters. The molecule has 25 heavy (non-hydrogen) atoms. The zero-order chi connectivity index (χ0) is 17.8. The number of carbonyl (C=O) groups is 1. The second-order valence-corrected chi connectivity index (χ2v) is 7.51. The third-order valence-electron chi connectivity index (χ3n) is 4.13. The zero-order valence-electron chi connectivity index (χ0n) is 14.4. The molecule has 0 spiro atoms. The molecule has 0 aliphatic carbocycles. The number of piperidine rings is 1. The zero-order valence-corrected chi connectivity index (χ0v) is 16.5. The van der Waals surface area contributed by atoms with Gasteiger partial charge in [-0.1, -0.05) is 0 Å². The van der Waals surface area contributed by atoms with Crippen molar-refractivity contribution in [1.82, 2.24) is 15.1 Å². The maximum absolute atomic E-state index is 12.7. The summed E-state index contributed by atoms with van der Waals surface area (Å²) in [4.78, 5) is 16.4. The Kier molecular flexibility index (Phi) is 5.72. The molecule has 3 rings (SSSR count). The fraction of sp³-hybridized carbons (Fsp3) is 0.389. The van der Waals surface area contributed by atoms with Crippen LogP contribution in [0.15, 0.2) is 36.4 Å². The lowest BCUT2D eigenvalue weighted by atomic mass is 10.1. The highest BCUT2D eigenvalue weighted by Crippen LogP contribution is 2.19. The van der Waals surface area contributed by atoms with E-state index in [0.717, 1.165) is 34.3 Å². The van der Waals surface area contributed by atoms with Crippen molar-refractivity contribution in [1.29, 1.82) is 0 Å². The van der Waals surface area contributed by atoms with Gasteiger partial charge in [0.05, 0.1) is 6.54 Å². The molecular weight excluding hydrogens is 431 g/mol. The van der Waals surface area contributed by atoms with Crippen molar-refractivity contribution in [3.8, 4) is 5.88 Å². The van der Waals surface area contributed by atoms with Gasteiger partial charge in [-0.25, -0.2) is 0 Å². The van der Waals surface area contributed by atoms with Gasteiger partial charge in [0.15, 0.2) is 5.82 Å². The van der Waals surface area contributed by atoms with E-state index >= 15 is 0 Å². The fourth-order valence-electron chi connectivity index (χ4n) is 2.78. The minimum Gasteiger partial charge on any atom is -0.471 e. The molecule has 1 saturated heterocycles. The highest BCUT2D eigenvalue weighted by molar-refractivity contribution is 14.1. The van der Waals surface area contributed by atoms with Crippen LogP contribution in [0.1, 0.15) is 23.2 Å². The van der Waals surface area contributed by atoms with Crippen LogP contribution in [0.5, 0.6) is 5.88 Å². The maximum Gasteiger partial charge on any atom is 0.253 e. The molecule has 1 aliphatic rings. The molecule has 0 radical (unpaired) electrons. The van der Waals surface area contributed by atoms with E-state index < -0.39 is 0 Å². The van der Waals surface area contributed by atoms with Gasteiger partial charge >= 0.3 is 0 Å². The van der Waals surface area contributed by atoms with Crippen LogP contribution in [0.4, 0.5) is 5.82 Å². The van der Waals surface area contributed by atoms with E-state index in [-0.39, 0.29) is 12.0 Å². The molecule has 2 aromatic rings. The average molecular weight is 452 g/mol. The molecule has 1 aliphatic heterocycles. The molecule has 6 nitrogen and oxygen atoms in total. The summed E-state index contributed by atoms with van der Waals surface area (Å²) in [5, 5.41) is 8.24. The smallest absolute Gasteiger partial charge is 0.253 e. The Morgan fingerprint density at radius 3 is 2.60 bits per heavy atom. The topological polar surface area (TPSA) is 58.6 Å². The maximum atomic E-state index is 12.7. The minimum absolute atomic E-state index is 0.0544. The summed E-state index contributed by atoms with van der Waals surface area (Å²) in [7, 11) is 3.83. The third-order valence-corrected chi connectivity index (χ3v) is 4.85. The van der Waals surface area contributed by atoms with Crippen molar-refractivity contribution in [3.63, 3.8) is 0 Å². The van der Waals surface area contributed by atoms with Gasteiger partial charge in [0, 0.05) is 35.8 Å². The minimum atomic E-state index is -0.0546. The van der Waals surface area contributed by atoms with Gasteiger partial charge in [0.1, 0.15) is 6.10 Å². The van der Waals surface area contributed by atoms with E-state index in [9.17, 15) is 4.79 Å². The lowest BCUT2D eigenvalue weighted by Gasteiger charge is -2.32. The number of benzene rings is 1. The van der Waals surface area contributed by atoms with Crippen molar-refractivity contribution in [2.24, 2.45) is 0 Å². The monoisotopic (exact) mass is 452 g/mol. The van der Waals surface area contributed by atoms with E-state index in [4.69, 9.17) is 4.74 Å². The molecule has 1 aromatic carbocycles. The van der Waals surface area contributed by atoms with E-state index in [0.29, 0.717) is 12.4 Å². The van der Waals surface area contributed by atoms with Crippen LogP contribution in [-0.2, 0) is 0 Å². The molecule has 0 bridgehead atoms. The van der Waals surface area contributed by atoms with Crippen molar-refractivity contribution in [3.05, 3.63) is 45.5 Å². The van der Waals surface area contributed by atoms with Crippen LogP contribution < -0.4 is 9.64 Å². The number of halogens is 1. The Balaban J connectivity index is 1.62. The summed E-state index contributed by atoms with van der Waals surface area (Å²) < 4.78 is 7.06. The molecule has 0 saturated carbocycles. The van der Waals surface area contributed by atoms with Gasteiger partial charge in [-0.3, -0.25) is 4.79 Å². The molecule has 2 heterocycles. The number of likely N-dealkylation sites (tertiary alicyclic amines) is 1. The summed E-state index contributed by atoms with van der Waals surface area (Å²) in [5.41, 5.74) is 0.719. The summed E-state index contributed by atoms with van der Waals surface area (Å²) in [6.45, 7) is 1.33. The lowest BCUT2D eigenvalue weighted by molar-refractivity contribution is 0.0525. The van der Waals surface area contributed by atoms with Crippen LogP contribution in [0, 0.1) is 3.57 Å². The largest absolute Gasteiger partial charge is 0.471 e. The number of ether oxygens (including phenoxy) is 1. The first-order valence-corrected chi connectivity index (χ1v) is 9.33. The number of hydrogen-bond donors (Lipinski definition) is 0.